The predicted octanol–water partition coefficient (Wildman–Crippen LogP) is -0.297. The number of benzene rings is 1. The zero-order valence-electron chi connectivity index (χ0n) is 10.3. The summed E-state index contributed by atoms with van der Waals surface area (Å²) in [5.74, 6) is -2.13. The molecule has 0 fully saturated rings. The van der Waals surface area contributed by atoms with Crippen molar-refractivity contribution in [1.29, 1.82) is 0 Å². The van der Waals surface area contributed by atoms with E-state index in [1.165, 1.54) is 0 Å². The third-order valence-corrected chi connectivity index (χ3v) is 2.77. The first-order chi connectivity index (χ1) is 9.52. The van der Waals surface area contributed by atoms with Gasteiger partial charge in [0, 0.05) is 17.0 Å². The molecule has 2 rings (SSSR count). The van der Waals surface area contributed by atoms with Crippen LogP contribution in [0.3, 0.4) is 0 Å². The van der Waals surface area contributed by atoms with Crippen LogP contribution in [0.2, 0.25) is 0 Å². The molecule has 1 heterocycles. The van der Waals surface area contributed by atoms with Crippen LogP contribution in [0, 0.1) is 0 Å². The Bertz CT molecular complexity index is 722. The largest absolute Gasteiger partial charge is 0.480 e. The van der Waals surface area contributed by atoms with E-state index in [0.29, 0.717) is 10.9 Å². The van der Waals surface area contributed by atoms with E-state index in [1.807, 2.05) is 0 Å². The number of rotatable bonds is 4. The van der Waals surface area contributed by atoms with Gasteiger partial charge in [-0.15, -0.1) is 0 Å². The average molecular weight is 276 g/mol. The maximum absolute atomic E-state index is 11.9. The monoisotopic (exact) mass is 276 g/mol. The molecule has 0 aliphatic rings. The van der Waals surface area contributed by atoms with Gasteiger partial charge in [-0.3, -0.25) is 9.59 Å². The standard InChI is InChI=1S/C13H12N2O5/c16-6-10(13(19)20)15-12(18)9-5-11(17)7-3-1-2-4-8(7)14-9/h1-5,10,16H,6H2,(H,14,17)(H,15,18)(H,19,20)/t10-/m0/s1. The summed E-state index contributed by atoms with van der Waals surface area (Å²) in [5.41, 5.74) is 0.0646. The fourth-order valence-electron chi connectivity index (χ4n) is 1.74. The normalized spacial score (nSPS) is 12.1. The van der Waals surface area contributed by atoms with Crippen molar-refractivity contribution in [2.45, 2.75) is 6.04 Å². The second-order valence-electron chi connectivity index (χ2n) is 4.14. The van der Waals surface area contributed by atoms with E-state index in [-0.39, 0.29) is 11.1 Å². The fourth-order valence-corrected chi connectivity index (χ4v) is 1.74. The van der Waals surface area contributed by atoms with Crippen molar-refractivity contribution in [2.75, 3.05) is 6.61 Å². The summed E-state index contributed by atoms with van der Waals surface area (Å²) in [5, 5.41) is 20.1. The number of H-pyrrole nitrogens is 1. The number of aliphatic hydroxyl groups is 1. The van der Waals surface area contributed by atoms with Gasteiger partial charge in [0.1, 0.15) is 5.69 Å². The second kappa shape index (κ2) is 5.54. The van der Waals surface area contributed by atoms with Crippen molar-refractivity contribution in [3.05, 3.63) is 46.2 Å². The van der Waals surface area contributed by atoms with Crippen LogP contribution in [-0.4, -0.2) is 39.7 Å². The summed E-state index contributed by atoms with van der Waals surface area (Å²) in [6, 6.07) is 6.32. The SMILES string of the molecule is O=C(N[C@@H](CO)C(=O)O)c1cc(=O)c2ccccc2[nH]1. The molecule has 1 aromatic heterocycles. The summed E-state index contributed by atoms with van der Waals surface area (Å²) in [7, 11) is 0. The van der Waals surface area contributed by atoms with Crippen molar-refractivity contribution in [1.82, 2.24) is 10.3 Å². The molecule has 104 valence electrons. The highest BCUT2D eigenvalue weighted by molar-refractivity contribution is 5.96. The number of aliphatic hydroxyl groups excluding tert-OH is 1. The molecule has 0 aliphatic carbocycles. The Balaban J connectivity index is 2.36. The number of para-hydroxylation sites is 1. The van der Waals surface area contributed by atoms with Crippen LogP contribution >= 0.6 is 0 Å². The minimum absolute atomic E-state index is 0.0617. The smallest absolute Gasteiger partial charge is 0.328 e. The minimum Gasteiger partial charge on any atom is -0.480 e. The molecule has 1 atom stereocenters. The Morgan fingerprint density at radius 1 is 1.30 bits per heavy atom. The van der Waals surface area contributed by atoms with Gasteiger partial charge in [-0.1, -0.05) is 12.1 Å². The summed E-state index contributed by atoms with van der Waals surface area (Å²) in [6.45, 7) is -0.737. The highest BCUT2D eigenvalue weighted by atomic mass is 16.4. The topological polar surface area (TPSA) is 119 Å². The Kier molecular flexibility index (Phi) is 3.81. The van der Waals surface area contributed by atoms with Crippen molar-refractivity contribution in [3.8, 4) is 0 Å². The molecule has 0 bridgehead atoms. The molecule has 0 saturated heterocycles. The van der Waals surface area contributed by atoms with E-state index in [1.54, 1.807) is 24.3 Å². The van der Waals surface area contributed by atoms with E-state index < -0.39 is 24.5 Å². The van der Waals surface area contributed by atoms with Gasteiger partial charge in [0.15, 0.2) is 11.5 Å². The summed E-state index contributed by atoms with van der Waals surface area (Å²) in [4.78, 5) is 37.2. The van der Waals surface area contributed by atoms with Crippen LogP contribution in [0.15, 0.2) is 35.1 Å². The molecule has 20 heavy (non-hydrogen) atoms. The zero-order chi connectivity index (χ0) is 14.7. The molecular weight excluding hydrogens is 264 g/mol. The zero-order valence-corrected chi connectivity index (χ0v) is 10.3. The molecule has 0 spiro atoms. The Morgan fingerprint density at radius 3 is 2.65 bits per heavy atom. The number of hydrogen-bond acceptors (Lipinski definition) is 4. The molecular formula is C13H12N2O5. The highest BCUT2D eigenvalue weighted by Gasteiger charge is 2.20. The van der Waals surface area contributed by atoms with Gasteiger partial charge in [-0.2, -0.15) is 0 Å². The first-order valence-corrected chi connectivity index (χ1v) is 5.79. The first-order valence-electron chi connectivity index (χ1n) is 5.79. The summed E-state index contributed by atoms with van der Waals surface area (Å²) < 4.78 is 0. The Labute approximate surface area is 112 Å². The number of aromatic nitrogens is 1. The molecule has 2 aromatic rings. The number of carboxylic acid groups (broad SMARTS) is 1. The Morgan fingerprint density at radius 2 is 2.00 bits per heavy atom. The third-order valence-electron chi connectivity index (χ3n) is 2.77. The lowest BCUT2D eigenvalue weighted by atomic mass is 10.2. The number of amides is 1. The molecule has 0 saturated carbocycles. The number of aliphatic carboxylic acids is 1. The lowest BCUT2D eigenvalue weighted by Gasteiger charge is -2.11. The van der Waals surface area contributed by atoms with Crippen LogP contribution in [-0.2, 0) is 4.79 Å². The summed E-state index contributed by atoms with van der Waals surface area (Å²) in [6.07, 6.45) is 0. The molecule has 0 radical (unpaired) electrons. The molecule has 1 aromatic carbocycles. The number of carboxylic acids is 1. The van der Waals surface area contributed by atoms with Gasteiger partial charge >= 0.3 is 5.97 Å². The second-order valence-corrected chi connectivity index (χ2v) is 4.14. The Hall–Kier alpha value is -2.67. The maximum Gasteiger partial charge on any atom is 0.328 e. The van der Waals surface area contributed by atoms with Crippen molar-refractivity contribution in [2.24, 2.45) is 0 Å². The van der Waals surface area contributed by atoms with Gasteiger partial charge in [0.2, 0.25) is 0 Å². The highest BCUT2D eigenvalue weighted by Crippen LogP contribution is 2.07. The van der Waals surface area contributed by atoms with Crippen LogP contribution in [0.5, 0.6) is 0 Å². The third kappa shape index (κ3) is 2.67. The lowest BCUT2D eigenvalue weighted by molar-refractivity contribution is -0.140. The van der Waals surface area contributed by atoms with Crippen molar-refractivity contribution < 1.29 is 19.8 Å². The summed E-state index contributed by atoms with van der Waals surface area (Å²) >= 11 is 0. The maximum atomic E-state index is 11.9. The van der Waals surface area contributed by atoms with Gasteiger partial charge in [0.05, 0.1) is 6.61 Å². The van der Waals surface area contributed by atoms with E-state index >= 15 is 0 Å². The molecule has 0 aliphatic heterocycles. The number of fused-ring (bicyclic) bond motifs is 1. The number of nitrogens with one attached hydrogen (secondary N) is 2. The molecule has 4 N–H and O–H groups in total. The number of hydrogen-bond donors (Lipinski definition) is 4. The van der Waals surface area contributed by atoms with E-state index in [0.717, 1.165) is 6.07 Å². The first kappa shape index (κ1) is 13.8. The minimum atomic E-state index is -1.42. The number of carbonyl (C=O) groups excluding carboxylic acids is 1. The predicted molar refractivity (Wildman–Crippen MR) is 70.5 cm³/mol. The van der Waals surface area contributed by atoms with Crippen molar-refractivity contribution >= 4 is 22.8 Å². The molecule has 7 heteroatoms. The van der Waals surface area contributed by atoms with Crippen LogP contribution < -0.4 is 10.7 Å². The average Bonchev–Trinajstić information content (AvgIpc) is 2.44. The molecule has 0 unspecified atom stereocenters. The van der Waals surface area contributed by atoms with E-state index in [9.17, 15) is 14.4 Å². The number of carbonyl (C=O) groups is 2. The quantitative estimate of drug-likeness (QED) is 0.611. The van der Waals surface area contributed by atoms with Gasteiger partial charge < -0.3 is 20.5 Å². The van der Waals surface area contributed by atoms with E-state index in [2.05, 4.69) is 10.3 Å². The van der Waals surface area contributed by atoms with E-state index in [4.69, 9.17) is 10.2 Å². The molecule has 7 nitrogen and oxygen atoms in total. The van der Waals surface area contributed by atoms with Crippen molar-refractivity contribution in [3.63, 3.8) is 0 Å². The van der Waals surface area contributed by atoms with Crippen LogP contribution in [0.4, 0.5) is 0 Å². The fraction of sp³-hybridized carbons (Fsp3) is 0.154. The number of aromatic amines is 1. The van der Waals surface area contributed by atoms with Gasteiger partial charge in [-0.25, -0.2) is 4.79 Å². The molecule has 1 amide bonds. The van der Waals surface area contributed by atoms with Crippen LogP contribution in [0.25, 0.3) is 10.9 Å². The number of pyridine rings is 1. The van der Waals surface area contributed by atoms with Gasteiger partial charge in [0.25, 0.3) is 5.91 Å². The van der Waals surface area contributed by atoms with Gasteiger partial charge in [-0.05, 0) is 12.1 Å². The lowest BCUT2D eigenvalue weighted by Crippen LogP contribution is -2.43. The van der Waals surface area contributed by atoms with Crippen LogP contribution in [0.1, 0.15) is 10.5 Å².